The first kappa shape index (κ1) is 31.2. The van der Waals surface area contributed by atoms with Gasteiger partial charge < -0.3 is 24.9 Å². The largest absolute Gasteiger partial charge is 0.508 e. The molecule has 0 bridgehead atoms. The van der Waals surface area contributed by atoms with Crippen molar-refractivity contribution in [1.82, 2.24) is 34.2 Å². The number of phenolic OH excluding ortho intramolecular Hbond substituents is 1. The molecule has 1 saturated heterocycles. The van der Waals surface area contributed by atoms with Crippen LogP contribution in [0.4, 0.5) is 5.82 Å². The highest BCUT2D eigenvalue weighted by molar-refractivity contribution is 5.98. The summed E-state index contributed by atoms with van der Waals surface area (Å²) < 4.78 is 14.3. The number of phenols is 1. The molecule has 0 radical (unpaired) electrons. The standard InChI is InChI=1S/C37H34N8O5/c38-35-33-34(26-6-1-7-27(46)19-26)42-45(36(33)40-22-39-35)21-30-41-28-8-2-4-24(5-3-9-31(47)43-13-16-49-17-14-43)32(28)37(48)44(30)20-23-10-11-29-25(18-23)12-15-50-29/h1-2,4,6-8,10-12,15,18-19,22,46H,3,5,9,13-14,16-17,20-21H2,(H2,38,39,40). The number of fused-ring (bicyclic) bond motifs is 3. The van der Waals surface area contributed by atoms with Gasteiger partial charge in [0.2, 0.25) is 5.91 Å². The van der Waals surface area contributed by atoms with Crippen LogP contribution in [0.3, 0.4) is 0 Å². The minimum atomic E-state index is -0.189. The Kier molecular flexibility index (Phi) is 8.17. The van der Waals surface area contributed by atoms with E-state index in [1.54, 1.807) is 33.7 Å². The maximum absolute atomic E-state index is 14.6. The van der Waals surface area contributed by atoms with E-state index in [4.69, 9.17) is 25.0 Å². The molecule has 0 atom stereocenters. The fourth-order valence-electron chi connectivity index (χ4n) is 6.70. The van der Waals surface area contributed by atoms with E-state index in [0.29, 0.717) is 84.6 Å². The molecule has 0 spiro atoms. The van der Waals surface area contributed by atoms with E-state index in [1.165, 1.54) is 6.33 Å². The summed E-state index contributed by atoms with van der Waals surface area (Å²) in [6.07, 6.45) is 4.56. The lowest BCUT2D eigenvalue weighted by atomic mass is 10.0. The molecule has 252 valence electrons. The summed E-state index contributed by atoms with van der Waals surface area (Å²) in [5.41, 5.74) is 10.8. The van der Waals surface area contributed by atoms with Crippen LogP contribution >= 0.6 is 0 Å². The number of morpholine rings is 1. The molecule has 4 aromatic heterocycles. The first-order chi connectivity index (χ1) is 24.4. The van der Waals surface area contributed by atoms with Gasteiger partial charge in [0, 0.05) is 30.5 Å². The average molecular weight is 671 g/mol. The Hall–Kier alpha value is -6.08. The zero-order chi connectivity index (χ0) is 34.2. The van der Waals surface area contributed by atoms with Crippen molar-refractivity contribution >= 4 is 44.6 Å². The first-order valence-electron chi connectivity index (χ1n) is 16.5. The number of carbonyl (C=O) groups is 1. The first-order valence-corrected chi connectivity index (χ1v) is 16.5. The van der Waals surface area contributed by atoms with Crippen molar-refractivity contribution < 1.29 is 19.1 Å². The minimum Gasteiger partial charge on any atom is -0.508 e. The number of carbonyl (C=O) groups excluding carboxylic acids is 1. The summed E-state index contributed by atoms with van der Waals surface area (Å²) >= 11 is 0. The van der Waals surface area contributed by atoms with Crippen molar-refractivity contribution in [2.24, 2.45) is 0 Å². The third-order valence-electron chi connectivity index (χ3n) is 9.18. The number of ether oxygens (including phenoxy) is 1. The van der Waals surface area contributed by atoms with Crippen LogP contribution in [0.2, 0.25) is 0 Å². The highest BCUT2D eigenvalue weighted by Crippen LogP contribution is 2.32. The zero-order valence-electron chi connectivity index (χ0n) is 27.2. The van der Waals surface area contributed by atoms with Crippen molar-refractivity contribution in [3.63, 3.8) is 0 Å². The predicted molar refractivity (Wildman–Crippen MR) is 188 cm³/mol. The molecule has 8 rings (SSSR count). The number of aromatic nitrogens is 6. The molecule has 13 heteroatoms. The average Bonchev–Trinajstić information content (AvgIpc) is 3.75. The quantitative estimate of drug-likeness (QED) is 0.223. The minimum absolute atomic E-state index is 0.0847. The van der Waals surface area contributed by atoms with Crippen LogP contribution in [0.15, 0.2) is 88.5 Å². The number of furan rings is 1. The summed E-state index contributed by atoms with van der Waals surface area (Å²) in [6, 6.07) is 20.1. The molecular formula is C37H34N8O5. The van der Waals surface area contributed by atoms with Crippen molar-refractivity contribution in [2.75, 3.05) is 32.0 Å². The second kappa shape index (κ2) is 13.1. The third-order valence-corrected chi connectivity index (χ3v) is 9.18. The summed E-state index contributed by atoms with van der Waals surface area (Å²) in [5.74, 6) is 0.899. The van der Waals surface area contributed by atoms with Crippen LogP contribution in [-0.2, 0) is 29.0 Å². The van der Waals surface area contributed by atoms with Crippen LogP contribution in [-0.4, -0.2) is 71.5 Å². The highest BCUT2D eigenvalue weighted by atomic mass is 16.5. The number of benzene rings is 3. The molecule has 0 saturated carbocycles. The van der Waals surface area contributed by atoms with Crippen molar-refractivity contribution in [1.29, 1.82) is 0 Å². The van der Waals surface area contributed by atoms with Gasteiger partial charge in [0.25, 0.3) is 5.56 Å². The normalized spacial score (nSPS) is 13.5. The van der Waals surface area contributed by atoms with E-state index in [-0.39, 0.29) is 36.1 Å². The van der Waals surface area contributed by atoms with Crippen molar-refractivity contribution in [3.05, 3.63) is 107 Å². The third kappa shape index (κ3) is 5.92. The lowest BCUT2D eigenvalue weighted by Crippen LogP contribution is -2.40. The van der Waals surface area contributed by atoms with Gasteiger partial charge in [-0.05, 0) is 60.4 Å². The second-order valence-corrected chi connectivity index (χ2v) is 12.4. The maximum atomic E-state index is 14.6. The Morgan fingerprint density at radius 1 is 0.960 bits per heavy atom. The summed E-state index contributed by atoms with van der Waals surface area (Å²) in [4.78, 5) is 43.1. The lowest BCUT2D eigenvalue weighted by Gasteiger charge is -2.26. The number of anilines is 1. The summed E-state index contributed by atoms with van der Waals surface area (Å²) in [5, 5.41) is 17.1. The molecule has 1 fully saturated rings. The number of hydrogen-bond acceptors (Lipinski definition) is 10. The number of amides is 1. The SMILES string of the molecule is Nc1ncnc2c1c(-c1cccc(O)c1)nn2Cc1nc2cccc(CCCC(=O)N3CCOCC3)c2c(=O)n1Cc1ccc2occc2c1. The Morgan fingerprint density at radius 3 is 2.68 bits per heavy atom. The molecule has 3 aromatic carbocycles. The molecule has 5 heterocycles. The predicted octanol–water partition coefficient (Wildman–Crippen LogP) is 4.52. The maximum Gasteiger partial charge on any atom is 0.262 e. The second-order valence-electron chi connectivity index (χ2n) is 12.4. The van der Waals surface area contributed by atoms with E-state index >= 15 is 0 Å². The van der Waals surface area contributed by atoms with E-state index < -0.39 is 0 Å². The van der Waals surface area contributed by atoms with Gasteiger partial charge in [-0.25, -0.2) is 19.6 Å². The smallest absolute Gasteiger partial charge is 0.262 e. The zero-order valence-corrected chi connectivity index (χ0v) is 27.2. The Labute approximate surface area is 285 Å². The molecular weight excluding hydrogens is 636 g/mol. The van der Waals surface area contributed by atoms with Gasteiger partial charge in [-0.15, -0.1) is 0 Å². The lowest BCUT2D eigenvalue weighted by molar-refractivity contribution is -0.135. The topological polar surface area (TPSA) is 167 Å². The number of nitrogens with zero attached hydrogens (tertiary/aromatic N) is 7. The van der Waals surface area contributed by atoms with Gasteiger partial charge in [0.05, 0.1) is 42.3 Å². The van der Waals surface area contributed by atoms with Crippen LogP contribution in [0, 0.1) is 0 Å². The molecule has 0 unspecified atom stereocenters. The van der Waals surface area contributed by atoms with Crippen LogP contribution < -0.4 is 11.3 Å². The van der Waals surface area contributed by atoms with Crippen LogP contribution in [0.1, 0.15) is 29.8 Å². The Morgan fingerprint density at radius 2 is 1.82 bits per heavy atom. The number of nitrogens with two attached hydrogens (primary N) is 1. The van der Waals surface area contributed by atoms with E-state index in [9.17, 15) is 14.7 Å². The van der Waals surface area contributed by atoms with Crippen molar-refractivity contribution in [3.8, 4) is 17.0 Å². The van der Waals surface area contributed by atoms with Gasteiger partial charge in [-0.1, -0.05) is 30.3 Å². The molecule has 1 aliphatic rings. The number of nitrogen functional groups attached to an aromatic ring is 1. The number of aryl methyl sites for hydroxylation is 1. The monoisotopic (exact) mass is 670 g/mol. The van der Waals surface area contributed by atoms with Crippen molar-refractivity contribution in [2.45, 2.75) is 32.4 Å². The molecule has 1 aliphatic heterocycles. The Balaban J connectivity index is 1.21. The fraction of sp³-hybridized carbons (Fsp3) is 0.243. The summed E-state index contributed by atoms with van der Waals surface area (Å²) in [7, 11) is 0. The van der Waals surface area contributed by atoms with E-state index in [1.807, 2.05) is 53.4 Å². The molecule has 1 amide bonds. The van der Waals surface area contributed by atoms with Crippen LogP contribution in [0.5, 0.6) is 5.75 Å². The fourth-order valence-corrected chi connectivity index (χ4v) is 6.70. The van der Waals surface area contributed by atoms with Gasteiger partial charge in [-0.3, -0.25) is 14.2 Å². The number of hydrogen-bond donors (Lipinski definition) is 2. The highest BCUT2D eigenvalue weighted by Gasteiger charge is 2.22. The van der Waals surface area contributed by atoms with Gasteiger partial charge >= 0.3 is 0 Å². The van der Waals surface area contributed by atoms with Gasteiger partial charge in [-0.2, -0.15) is 5.10 Å². The molecule has 3 N–H and O–H groups in total. The molecule has 0 aliphatic carbocycles. The van der Waals surface area contributed by atoms with Gasteiger partial charge in [0.1, 0.15) is 41.5 Å². The molecule has 7 aromatic rings. The Bertz CT molecular complexity index is 2440. The molecule has 50 heavy (non-hydrogen) atoms. The summed E-state index contributed by atoms with van der Waals surface area (Å²) in [6.45, 7) is 2.67. The van der Waals surface area contributed by atoms with Gasteiger partial charge in [0.15, 0.2) is 5.65 Å². The number of rotatable bonds is 9. The number of aromatic hydroxyl groups is 1. The van der Waals surface area contributed by atoms with E-state index in [2.05, 4.69) is 9.97 Å². The molecule has 13 nitrogen and oxygen atoms in total. The van der Waals surface area contributed by atoms with Crippen LogP contribution in [0.25, 0.3) is 44.2 Å². The van der Waals surface area contributed by atoms with E-state index in [0.717, 1.165) is 22.1 Å².